The highest BCUT2D eigenvalue weighted by Gasteiger charge is 2.27. The first-order valence-electron chi connectivity index (χ1n) is 5.92. The summed E-state index contributed by atoms with van der Waals surface area (Å²) in [5.41, 5.74) is -0.127. The van der Waals surface area contributed by atoms with Gasteiger partial charge in [0.2, 0.25) is 0 Å². The number of hydrogen-bond acceptors (Lipinski definition) is 3. The maximum Gasteiger partial charge on any atom is 0.261 e. The molecule has 1 aromatic carbocycles. The van der Waals surface area contributed by atoms with Gasteiger partial charge in [-0.25, -0.2) is 8.78 Å². The zero-order valence-corrected chi connectivity index (χ0v) is 10.3. The summed E-state index contributed by atoms with van der Waals surface area (Å²) in [6.07, 6.45) is 1.15. The number of amides is 1. The van der Waals surface area contributed by atoms with Gasteiger partial charge in [-0.2, -0.15) is 0 Å². The van der Waals surface area contributed by atoms with Crippen LogP contribution in [-0.4, -0.2) is 24.3 Å². The smallest absolute Gasteiger partial charge is 0.261 e. The van der Waals surface area contributed by atoms with Crippen molar-refractivity contribution in [2.24, 2.45) is 0 Å². The van der Waals surface area contributed by atoms with Crippen molar-refractivity contribution in [1.29, 1.82) is 0 Å². The van der Waals surface area contributed by atoms with Gasteiger partial charge in [-0.05, 0) is 31.9 Å². The predicted molar refractivity (Wildman–Crippen MR) is 63.0 cm³/mol. The van der Waals surface area contributed by atoms with Crippen LogP contribution in [0.15, 0.2) is 12.1 Å². The van der Waals surface area contributed by atoms with E-state index in [1.807, 2.05) is 0 Å². The van der Waals surface area contributed by atoms with Crippen LogP contribution in [0.4, 0.5) is 8.78 Å². The number of benzene rings is 1. The summed E-state index contributed by atoms with van der Waals surface area (Å²) in [5.74, 6) is -3.08. The van der Waals surface area contributed by atoms with Gasteiger partial charge in [0, 0.05) is 11.6 Å². The number of rotatable bonds is 5. The quantitative estimate of drug-likeness (QED) is 0.830. The molecule has 6 heteroatoms. The standard InChI is InChI=1S/C13H13F2NO3/c1-7(13(18)16-9-2-3-9)19-12-10(14)4-8(6-17)5-11(12)15/h4-7,9H,2-3H2,1H3,(H,16,18). The number of carbonyl (C=O) groups is 2. The second-order valence-electron chi connectivity index (χ2n) is 4.47. The Balaban J connectivity index is 2.09. The molecule has 1 saturated carbocycles. The molecule has 1 amide bonds. The lowest BCUT2D eigenvalue weighted by molar-refractivity contribution is -0.127. The molecule has 1 atom stereocenters. The zero-order chi connectivity index (χ0) is 14.0. The van der Waals surface area contributed by atoms with Crippen molar-refractivity contribution in [2.75, 3.05) is 0 Å². The van der Waals surface area contributed by atoms with Crippen molar-refractivity contribution in [2.45, 2.75) is 31.9 Å². The lowest BCUT2D eigenvalue weighted by Gasteiger charge is -2.15. The molecule has 0 aromatic heterocycles. The Bertz CT molecular complexity index is 492. The molecule has 102 valence electrons. The fourth-order valence-electron chi connectivity index (χ4n) is 1.54. The van der Waals surface area contributed by atoms with Gasteiger partial charge >= 0.3 is 0 Å². The van der Waals surface area contributed by atoms with Crippen LogP contribution in [0.2, 0.25) is 0 Å². The summed E-state index contributed by atoms with van der Waals surface area (Å²) in [4.78, 5) is 22.0. The lowest BCUT2D eigenvalue weighted by atomic mass is 10.2. The largest absolute Gasteiger partial charge is 0.475 e. The van der Waals surface area contributed by atoms with Gasteiger partial charge < -0.3 is 10.1 Å². The van der Waals surface area contributed by atoms with Crippen LogP contribution in [0, 0.1) is 11.6 Å². The third kappa shape index (κ3) is 3.27. The molecule has 4 nitrogen and oxygen atoms in total. The van der Waals surface area contributed by atoms with Gasteiger partial charge in [0.15, 0.2) is 23.5 Å². The van der Waals surface area contributed by atoms with Crippen LogP contribution in [0.3, 0.4) is 0 Å². The summed E-state index contributed by atoms with van der Waals surface area (Å²) in [5, 5.41) is 2.67. The van der Waals surface area contributed by atoms with Crippen LogP contribution in [-0.2, 0) is 4.79 Å². The van der Waals surface area contributed by atoms with Gasteiger partial charge in [-0.3, -0.25) is 9.59 Å². The minimum Gasteiger partial charge on any atom is -0.475 e. The first-order chi connectivity index (χ1) is 9.01. The first kappa shape index (κ1) is 13.5. The van der Waals surface area contributed by atoms with Gasteiger partial charge in [-0.1, -0.05) is 0 Å². The molecule has 1 fully saturated rings. The molecule has 0 radical (unpaired) electrons. The van der Waals surface area contributed by atoms with E-state index in [1.54, 1.807) is 0 Å². The van der Waals surface area contributed by atoms with E-state index in [2.05, 4.69) is 5.32 Å². The van der Waals surface area contributed by atoms with Crippen LogP contribution in [0.25, 0.3) is 0 Å². The highest BCUT2D eigenvalue weighted by Crippen LogP contribution is 2.24. The molecule has 1 aliphatic rings. The van der Waals surface area contributed by atoms with Crippen LogP contribution in [0.5, 0.6) is 5.75 Å². The zero-order valence-electron chi connectivity index (χ0n) is 10.3. The van der Waals surface area contributed by atoms with Crippen molar-refractivity contribution in [3.05, 3.63) is 29.3 Å². The van der Waals surface area contributed by atoms with Crippen molar-refractivity contribution >= 4 is 12.2 Å². The topological polar surface area (TPSA) is 55.4 Å². The molecule has 2 rings (SSSR count). The first-order valence-corrected chi connectivity index (χ1v) is 5.92. The van der Waals surface area contributed by atoms with E-state index in [4.69, 9.17) is 4.74 Å². The Kier molecular flexibility index (Phi) is 3.78. The monoisotopic (exact) mass is 269 g/mol. The minimum atomic E-state index is -1.01. The number of hydrogen-bond donors (Lipinski definition) is 1. The Labute approximate surface area is 108 Å². The number of halogens is 2. The molecule has 1 aromatic rings. The summed E-state index contributed by atoms with van der Waals surface area (Å²) in [6, 6.07) is 1.86. The van der Waals surface area contributed by atoms with E-state index in [0.717, 1.165) is 25.0 Å². The second kappa shape index (κ2) is 5.34. The third-order valence-corrected chi connectivity index (χ3v) is 2.74. The van der Waals surface area contributed by atoms with Gasteiger partial charge in [0.25, 0.3) is 5.91 Å². The fourth-order valence-corrected chi connectivity index (χ4v) is 1.54. The average Bonchev–Trinajstić information content (AvgIpc) is 3.16. The summed E-state index contributed by atoms with van der Waals surface area (Å²) >= 11 is 0. The van der Waals surface area contributed by atoms with Gasteiger partial charge in [0.05, 0.1) is 0 Å². The maximum atomic E-state index is 13.5. The second-order valence-corrected chi connectivity index (χ2v) is 4.47. The van der Waals surface area contributed by atoms with E-state index in [0.29, 0.717) is 6.29 Å². The van der Waals surface area contributed by atoms with E-state index in [-0.39, 0.29) is 11.6 Å². The van der Waals surface area contributed by atoms with Crippen molar-refractivity contribution in [1.82, 2.24) is 5.32 Å². The molecule has 1 unspecified atom stereocenters. The average molecular weight is 269 g/mol. The highest BCUT2D eigenvalue weighted by molar-refractivity contribution is 5.81. The number of aldehydes is 1. The van der Waals surface area contributed by atoms with Crippen LogP contribution in [0.1, 0.15) is 30.1 Å². The predicted octanol–water partition coefficient (Wildman–Crippen LogP) is 1.82. The molecule has 1 N–H and O–H groups in total. The van der Waals surface area contributed by atoms with Crippen molar-refractivity contribution in [3.8, 4) is 5.75 Å². The Morgan fingerprint density at radius 1 is 1.42 bits per heavy atom. The van der Waals surface area contributed by atoms with Gasteiger partial charge in [-0.15, -0.1) is 0 Å². The SMILES string of the molecule is CC(Oc1c(F)cc(C=O)cc1F)C(=O)NC1CC1. The molecule has 1 aliphatic carbocycles. The van der Waals surface area contributed by atoms with Crippen LogP contribution < -0.4 is 10.1 Å². The summed E-state index contributed by atoms with van der Waals surface area (Å²) < 4.78 is 32.1. The molecule has 0 bridgehead atoms. The lowest BCUT2D eigenvalue weighted by Crippen LogP contribution is -2.37. The molecular formula is C13H13F2NO3. The highest BCUT2D eigenvalue weighted by atomic mass is 19.1. The summed E-state index contributed by atoms with van der Waals surface area (Å²) in [7, 11) is 0. The maximum absolute atomic E-state index is 13.5. The van der Waals surface area contributed by atoms with E-state index >= 15 is 0 Å². The molecule has 0 heterocycles. The number of carbonyl (C=O) groups excluding carboxylic acids is 2. The molecule has 0 saturated heterocycles. The van der Waals surface area contributed by atoms with Gasteiger partial charge in [0.1, 0.15) is 6.29 Å². The Hall–Kier alpha value is -1.98. The number of nitrogens with one attached hydrogen (secondary N) is 1. The van der Waals surface area contributed by atoms with E-state index < -0.39 is 29.4 Å². The molecule has 0 aliphatic heterocycles. The summed E-state index contributed by atoms with van der Waals surface area (Å²) in [6.45, 7) is 1.41. The Morgan fingerprint density at radius 3 is 2.47 bits per heavy atom. The van der Waals surface area contributed by atoms with Crippen molar-refractivity contribution < 1.29 is 23.1 Å². The molecule has 0 spiro atoms. The molecule has 19 heavy (non-hydrogen) atoms. The van der Waals surface area contributed by atoms with E-state index in [9.17, 15) is 18.4 Å². The fraction of sp³-hybridized carbons (Fsp3) is 0.385. The minimum absolute atomic E-state index is 0.127. The normalized spacial score (nSPS) is 15.7. The molecular weight excluding hydrogens is 256 g/mol. The third-order valence-electron chi connectivity index (χ3n) is 2.74. The number of ether oxygens (including phenoxy) is 1. The van der Waals surface area contributed by atoms with E-state index in [1.165, 1.54) is 6.92 Å². The van der Waals surface area contributed by atoms with Crippen molar-refractivity contribution in [3.63, 3.8) is 0 Å². The Morgan fingerprint density at radius 2 is 2.00 bits per heavy atom. The van der Waals surface area contributed by atoms with Crippen LogP contribution >= 0.6 is 0 Å².